The number of rotatable bonds is 6. The van der Waals surface area contributed by atoms with Gasteiger partial charge in [-0.1, -0.05) is 30.4 Å². The molecule has 3 aromatic rings. The van der Waals surface area contributed by atoms with Gasteiger partial charge in [0, 0.05) is 55.6 Å². The minimum Gasteiger partial charge on any atom is -0.496 e. The third-order valence-electron chi connectivity index (χ3n) is 6.06. The van der Waals surface area contributed by atoms with Crippen LogP contribution in [0, 0.1) is 0 Å². The van der Waals surface area contributed by atoms with Gasteiger partial charge in [-0.15, -0.1) is 0 Å². The number of hydrogen-bond acceptors (Lipinski definition) is 6. The summed E-state index contributed by atoms with van der Waals surface area (Å²) in [7, 11) is 1.64. The average molecular weight is 457 g/mol. The maximum Gasteiger partial charge on any atom is 0.255 e. The zero-order valence-electron chi connectivity index (χ0n) is 19.2. The molecule has 0 bridgehead atoms. The Morgan fingerprint density at radius 2 is 2.03 bits per heavy atom. The SMILES string of the molecule is COc1cc(C(=O)Nc2ccccc2-c2nc3c([nH]2)=CCC=CN=3)ccc1CN1CCNCC1. The van der Waals surface area contributed by atoms with Crippen LogP contribution in [0.2, 0.25) is 0 Å². The highest BCUT2D eigenvalue weighted by Crippen LogP contribution is 2.26. The molecule has 0 saturated carbocycles. The maximum atomic E-state index is 13.2. The number of anilines is 1. The Hall–Kier alpha value is -3.75. The average Bonchev–Trinajstić information content (AvgIpc) is 3.15. The number of imidazole rings is 1. The molecule has 1 amide bonds. The largest absolute Gasteiger partial charge is 0.496 e. The minimum absolute atomic E-state index is 0.202. The number of aromatic nitrogens is 2. The summed E-state index contributed by atoms with van der Waals surface area (Å²) < 4.78 is 5.62. The van der Waals surface area contributed by atoms with Crippen LogP contribution in [0.5, 0.6) is 5.75 Å². The first-order valence-corrected chi connectivity index (χ1v) is 11.5. The molecular formula is C26H28N6O2. The molecule has 0 spiro atoms. The van der Waals surface area contributed by atoms with E-state index < -0.39 is 0 Å². The maximum absolute atomic E-state index is 13.2. The van der Waals surface area contributed by atoms with Crippen molar-refractivity contribution in [3.05, 3.63) is 76.7 Å². The van der Waals surface area contributed by atoms with Crippen molar-refractivity contribution in [1.82, 2.24) is 20.2 Å². The van der Waals surface area contributed by atoms with Crippen molar-refractivity contribution >= 4 is 17.7 Å². The van der Waals surface area contributed by atoms with Crippen LogP contribution < -0.4 is 26.2 Å². The van der Waals surface area contributed by atoms with Gasteiger partial charge in [-0.3, -0.25) is 9.69 Å². The predicted molar refractivity (Wildman–Crippen MR) is 132 cm³/mol. The first kappa shape index (κ1) is 22.1. The van der Waals surface area contributed by atoms with Crippen LogP contribution in [0.1, 0.15) is 22.3 Å². The van der Waals surface area contributed by atoms with E-state index in [1.165, 1.54) is 0 Å². The molecule has 0 radical (unpaired) electrons. The fraction of sp³-hybridized carbons (Fsp3) is 0.269. The smallest absolute Gasteiger partial charge is 0.255 e. The summed E-state index contributed by atoms with van der Waals surface area (Å²) in [5.74, 6) is 1.19. The lowest BCUT2D eigenvalue weighted by Gasteiger charge is -2.27. The number of aromatic amines is 1. The number of nitrogens with one attached hydrogen (secondary N) is 3. The van der Waals surface area contributed by atoms with E-state index in [9.17, 15) is 4.79 Å². The molecule has 2 aliphatic heterocycles. The van der Waals surface area contributed by atoms with Crippen LogP contribution in [-0.2, 0) is 6.54 Å². The topological polar surface area (TPSA) is 94.6 Å². The van der Waals surface area contributed by atoms with Crippen molar-refractivity contribution in [2.24, 2.45) is 4.99 Å². The summed E-state index contributed by atoms with van der Waals surface area (Å²) >= 11 is 0. The Bertz CT molecular complexity index is 1340. The third kappa shape index (κ3) is 4.78. The van der Waals surface area contributed by atoms with Gasteiger partial charge < -0.3 is 20.4 Å². The lowest BCUT2D eigenvalue weighted by atomic mass is 10.1. The molecule has 3 N–H and O–H groups in total. The van der Waals surface area contributed by atoms with E-state index in [4.69, 9.17) is 4.74 Å². The highest BCUT2D eigenvalue weighted by atomic mass is 16.5. The quantitative estimate of drug-likeness (QED) is 0.528. The number of carbonyl (C=O) groups excluding carboxylic acids is 1. The van der Waals surface area contributed by atoms with E-state index >= 15 is 0 Å². The van der Waals surface area contributed by atoms with Gasteiger partial charge in [0.05, 0.1) is 18.1 Å². The molecule has 0 aliphatic carbocycles. The van der Waals surface area contributed by atoms with E-state index in [1.807, 2.05) is 54.6 Å². The van der Waals surface area contributed by atoms with Crippen molar-refractivity contribution in [3.8, 4) is 17.1 Å². The molecule has 2 aliphatic rings. The standard InChI is InChI=1S/C26H28N6O2/c1-34-23-16-18(9-10-19(23)17-32-14-12-27-13-15-32)26(33)30-21-7-3-2-6-20(21)24-29-22-8-4-5-11-28-25(22)31-24/h2-3,5-11,16,27H,4,12-15,17H2,1H3,(H,30,33)(H,28,29,31). The number of benzene rings is 2. The molecule has 1 fully saturated rings. The van der Waals surface area contributed by atoms with E-state index in [0.717, 1.165) is 61.4 Å². The Labute approximate surface area is 198 Å². The van der Waals surface area contributed by atoms with Crippen LogP contribution in [0.25, 0.3) is 17.5 Å². The monoisotopic (exact) mass is 456 g/mol. The fourth-order valence-electron chi connectivity index (χ4n) is 4.24. The van der Waals surface area contributed by atoms with Gasteiger partial charge in [0.15, 0.2) is 5.49 Å². The number of nitrogens with zero attached hydrogens (tertiary/aromatic N) is 3. The number of carbonyl (C=O) groups is 1. The Balaban J connectivity index is 1.38. The summed E-state index contributed by atoms with van der Waals surface area (Å²) in [6, 6.07) is 13.3. The summed E-state index contributed by atoms with van der Waals surface area (Å²) in [4.78, 5) is 27.9. The van der Waals surface area contributed by atoms with Crippen molar-refractivity contribution in [1.29, 1.82) is 0 Å². The molecule has 2 aromatic carbocycles. The van der Waals surface area contributed by atoms with Gasteiger partial charge in [0.2, 0.25) is 0 Å². The lowest BCUT2D eigenvalue weighted by Crippen LogP contribution is -2.42. The van der Waals surface area contributed by atoms with Gasteiger partial charge >= 0.3 is 0 Å². The van der Waals surface area contributed by atoms with E-state index in [1.54, 1.807) is 13.3 Å². The van der Waals surface area contributed by atoms with Gasteiger partial charge in [0.1, 0.15) is 11.6 Å². The number of para-hydroxylation sites is 1. The number of amides is 1. The Morgan fingerprint density at radius 1 is 1.18 bits per heavy atom. The zero-order valence-corrected chi connectivity index (χ0v) is 19.2. The van der Waals surface area contributed by atoms with E-state index in [2.05, 4.69) is 30.5 Å². The van der Waals surface area contributed by atoms with Crippen LogP contribution in [0.4, 0.5) is 5.69 Å². The summed E-state index contributed by atoms with van der Waals surface area (Å²) in [6.45, 7) is 4.78. The Kier molecular flexibility index (Phi) is 6.51. The third-order valence-corrected chi connectivity index (χ3v) is 6.06. The Morgan fingerprint density at radius 3 is 2.88 bits per heavy atom. The highest BCUT2D eigenvalue weighted by molar-refractivity contribution is 6.06. The van der Waals surface area contributed by atoms with Gasteiger partial charge in [-0.2, -0.15) is 0 Å². The van der Waals surface area contributed by atoms with Crippen molar-refractivity contribution in [2.45, 2.75) is 13.0 Å². The summed E-state index contributed by atoms with van der Waals surface area (Å²) in [5.41, 5.74) is 3.75. The highest BCUT2D eigenvalue weighted by Gasteiger charge is 2.17. The first-order valence-electron chi connectivity index (χ1n) is 11.5. The molecule has 1 saturated heterocycles. The normalized spacial score (nSPS) is 15.6. The van der Waals surface area contributed by atoms with E-state index in [0.29, 0.717) is 22.6 Å². The van der Waals surface area contributed by atoms with E-state index in [-0.39, 0.29) is 5.91 Å². The second-order valence-corrected chi connectivity index (χ2v) is 8.33. The second kappa shape index (κ2) is 10.0. The number of H-pyrrole nitrogens is 1. The molecule has 3 heterocycles. The fourth-order valence-corrected chi connectivity index (χ4v) is 4.24. The lowest BCUT2D eigenvalue weighted by molar-refractivity contribution is 0.102. The number of ether oxygens (including phenoxy) is 1. The van der Waals surface area contributed by atoms with Gasteiger partial charge in [-0.25, -0.2) is 9.98 Å². The molecule has 5 rings (SSSR count). The number of hydrogen-bond donors (Lipinski definition) is 3. The van der Waals surface area contributed by atoms with Crippen molar-refractivity contribution in [3.63, 3.8) is 0 Å². The number of allylic oxidation sites excluding steroid dienone is 1. The van der Waals surface area contributed by atoms with Crippen LogP contribution >= 0.6 is 0 Å². The molecule has 1 aromatic heterocycles. The minimum atomic E-state index is -0.202. The molecular weight excluding hydrogens is 428 g/mol. The predicted octanol–water partition coefficient (Wildman–Crippen LogP) is 2.06. The first-order chi connectivity index (χ1) is 16.7. The molecule has 0 unspecified atom stereocenters. The number of fused-ring (bicyclic) bond motifs is 1. The molecule has 174 valence electrons. The van der Waals surface area contributed by atoms with Gasteiger partial charge in [0.25, 0.3) is 5.91 Å². The second-order valence-electron chi connectivity index (χ2n) is 8.33. The van der Waals surface area contributed by atoms with Crippen LogP contribution in [0.3, 0.4) is 0 Å². The van der Waals surface area contributed by atoms with Gasteiger partial charge in [-0.05, 0) is 30.7 Å². The number of piperazine rings is 1. The molecule has 8 nitrogen and oxygen atoms in total. The molecule has 34 heavy (non-hydrogen) atoms. The zero-order chi connectivity index (χ0) is 23.3. The molecule has 8 heteroatoms. The number of methoxy groups -OCH3 is 1. The van der Waals surface area contributed by atoms with Crippen molar-refractivity contribution in [2.75, 3.05) is 38.6 Å². The molecule has 0 atom stereocenters. The summed E-state index contributed by atoms with van der Waals surface area (Å²) in [6.07, 6.45) is 6.59. The van der Waals surface area contributed by atoms with Crippen molar-refractivity contribution < 1.29 is 9.53 Å². The van der Waals surface area contributed by atoms with Crippen LogP contribution in [-0.4, -0.2) is 54.1 Å². The summed E-state index contributed by atoms with van der Waals surface area (Å²) in [5, 5.41) is 7.29. The van der Waals surface area contributed by atoms with Crippen LogP contribution in [0.15, 0.2) is 59.7 Å².